The third-order valence-corrected chi connectivity index (χ3v) is 4.78. The lowest BCUT2D eigenvalue weighted by Crippen LogP contribution is -2.46. The molecule has 0 aromatic carbocycles. The molecule has 2 unspecified atom stereocenters. The smallest absolute Gasteiger partial charge is 0.267 e. The largest absolute Gasteiger partial charge is 0.337 e. The van der Waals surface area contributed by atoms with Crippen molar-refractivity contribution in [3.63, 3.8) is 0 Å². The SMILES string of the molecule is CCc1nnsc1C(=O)N1CCC2NCCC2C1. The Kier molecular flexibility index (Phi) is 3.30. The van der Waals surface area contributed by atoms with Crippen LogP contribution in [0.1, 0.15) is 35.1 Å². The summed E-state index contributed by atoms with van der Waals surface area (Å²) in [5, 5.41) is 7.54. The summed E-state index contributed by atoms with van der Waals surface area (Å²) in [4.78, 5) is 15.2. The summed E-state index contributed by atoms with van der Waals surface area (Å²) in [5.41, 5.74) is 0.844. The summed E-state index contributed by atoms with van der Waals surface area (Å²) in [5.74, 6) is 0.765. The van der Waals surface area contributed by atoms with Crippen LogP contribution >= 0.6 is 11.5 Å². The molecular weight excluding hydrogens is 248 g/mol. The van der Waals surface area contributed by atoms with Crippen LogP contribution in [0.4, 0.5) is 0 Å². The molecule has 1 amide bonds. The minimum absolute atomic E-state index is 0.132. The Balaban J connectivity index is 1.73. The zero-order chi connectivity index (χ0) is 12.5. The van der Waals surface area contributed by atoms with Gasteiger partial charge in [0.05, 0.1) is 5.69 Å². The summed E-state index contributed by atoms with van der Waals surface area (Å²) >= 11 is 1.23. The summed E-state index contributed by atoms with van der Waals surface area (Å²) < 4.78 is 3.91. The third kappa shape index (κ3) is 2.03. The fourth-order valence-electron chi connectivity index (χ4n) is 2.98. The average Bonchev–Trinajstić information content (AvgIpc) is 3.05. The van der Waals surface area contributed by atoms with Crippen LogP contribution < -0.4 is 5.32 Å². The van der Waals surface area contributed by atoms with Crippen LogP contribution in [0.3, 0.4) is 0 Å². The predicted molar refractivity (Wildman–Crippen MR) is 69.7 cm³/mol. The quantitative estimate of drug-likeness (QED) is 0.865. The van der Waals surface area contributed by atoms with Crippen molar-refractivity contribution in [2.24, 2.45) is 5.92 Å². The van der Waals surface area contributed by atoms with Gasteiger partial charge in [0.25, 0.3) is 5.91 Å². The van der Waals surface area contributed by atoms with Crippen LogP contribution in [0.15, 0.2) is 0 Å². The summed E-state index contributed by atoms with van der Waals surface area (Å²) in [6.07, 6.45) is 3.04. The van der Waals surface area contributed by atoms with E-state index in [4.69, 9.17) is 0 Å². The molecule has 2 aliphatic heterocycles. The maximum atomic E-state index is 12.5. The van der Waals surface area contributed by atoms with Gasteiger partial charge in [-0.25, -0.2) is 0 Å². The van der Waals surface area contributed by atoms with Crippen LogP contribution in [0.25, 0.3) is 0 Å². The van der Waals surface area contributed by atoms with Crippen molar-refractivity contribution in [3.8, 4) is 0 Å². The average molecular weight is 266 g/mol. The number of rotatable bonds is 2. The Hall–Kier alpha value is -1.01. The number of carbonyl (C=O) groups excluding carboxylic acids is 1. The highest BCUT2D eigenvalue weighted by molar-refractivity contribution is 7.08. The molecule has 98 valence electrons. The Bertz CT molecular complexity index is 447. The van der Waals surface area contributed by atoms with E-state index in [-0.39, 0.29) is 5.91 Å². The van der Waals surface area contributed by atoms with Gasteiger partial charge in [-0.05, 0) is 43.3 Å². The molecule has 0 bridgehead atoms. The molecule has 6 heteroatoms. The Morgan fingerprint density at radius 2 is 2.44 bits per heavy atom. The highest BCUT2D eigenvalue weighted by Gasteiger charge is 2.35. The fourth-order valence-corrected chi connectivity index (χ4v) is 3.70. The number of nitrogens with one attached hydrogen (secondary N) is 1. The molecule has 2 atom stereocenters. The van der Waals surface area contributed by atoms with Gasteiger partial charge in [0.1, 0.15) is 4.88 Å². The number of amides is 1. The molecule has 2 aliphatic rings. The Morgan fingerprint density at radius 1 is 1.56 bits per heavy atom. The minimum Gasteiger partial charge on any atom is -0.337 e. The monoisotopic (exact) mass is 266 g/mol. The molecule has 2 saturated heterocycles. The van der Waals surface area contributed by atoms with Crippen molar-refractivity contribution in [1.29, 1.82) is 0 Å². The first-order chi connectivity index (χ1) is 8.79. The predicted octanol–water partition coefficient (Wildman–Crippen LogP) is 0.924. The van der Waals surface area contributed by atoms with Crippen LogP contribution in [-0.2, 0) is 6.42 Å². The number of likely N-dealkylation sites (tertiary alicyclic amines) is 1. The zero-order valence-electron chi connectivity index (χ0n) is 10.6. The van der Waals surface area contributed by atoms with Gasteiger partial charge in [-0.1, -0.05) is 11.4 Å². The molecule has 3 heterocycles. The molecule has 2 fully saturated rings. The van der Waals surface area contributed by atoms with E-state index >= 15 is 0 Å². The molecule has 18 heavy (non-hydrogen) atoms. The van der Waals surface area contributed by atoms with Crippen molar-refractivity contribution in [2.45, 2.75) is 32.2 Å². The summed E-state index contributed by atoms with van der Waals surface area (Å²) in [6.45, 7) is 4.85. The first kappa shape index (κ1) is 12.0. The van der Waals surface area contributed by atoms with Crippen molar-refractivity contribution in [1.82, 2.24) is 19.8 Å². The standard InChI is InChI=1S/C12H18N4OS/c1-2-9-11(18-15-14-9)12(17)16-6-4-10-8(7-16)3-5-13-10/h8,10,13H,2-7H2,1H3. The molecule has 5 nitrogen and oxygen atoms in total. The van der Waals surface area contributed by atoms with Crippen LogP contribution in [0.2, 0.25) is 0 Å². The normalized spacial score (nSPS) is 27.3. The maximum Gasteiger partial charge on any atom is 0.267 e. The second-order valence-corrected chi connectivity index (χ2v) is 5.81. The molecule has 1 N–H and O–H groups in total. The van der Waals surface area contributed by atoms with Gasteiger partial charge in [-0.3, -0.25) is 4.79 Å². The second kappa shape index (κ2) is 4.93. The van der Waals surface area contributed by atoms with Gasteiger partial charge in [0, 0.05) is 19.1 Å². The van der Waals surface area contributed by atoms with E-state index in [9.17, 15) is 4.79 Å². The van der Waals surface area contributed by atoms with Gasteiger partial charge in [-0.15, -0.1) is 5.10 Å². The van der Waals surface area contributed by atoms with Crippen LogP contribution in [0, 0.1) is 5.92 Å². The lowest BCUT2D eigenvalue weighted by Gasteiger charge is -2.34. The lowest BCUT2D eigenvalue weighted by atomic mass is 9.93. The number of carbonyl (C=O) groups is 1. The lowest BCUT2D eigenvalue weighted by molar-refractivity contribution is 0.0665. The summed E-state index contributed by atoms with van der Waals surface area (Å²) in [7, 11) is 0. The van der Waals surface area contributed by atoms with E-state index in [1.807, 2.05) is 11.8 Å². The first-order valence-electron chi connectivity index (χ1n) is 6.63. The molecule has 3 rings (SSSR count). The van der Waals surface area contributed by atoms with Crippen molar-refractivity contribution in [3.05, 3.63) is 10.6 Å². The highest BCUT2D eigenvalue weighted by Crippen LogP contribution is 2.26. The third-order valence-electron chi connectivity index (χ3n) is 4.03. The first-order valence-corrected chi connectivity index (χ1v) is 7.40. The van der Waals surface area contributed by atoms with E-state index in [1.54, 1.807) is 0 Å². The number of hydrogen-bond donors (Lipinski definition) is 1. The molecule has 0 saturated carbocycles. The number of fused-ring (bicyclic) bond motifs is 1. The van der Waals surface area contributed by atoms with E-state index in [0.717, 1.165) is 43.0 Å². The van der Waals surface area contributed by atoms with E-state index < -0.39 is 0 Å². The Labute approximate surface area is 111 Å². The number of aromatic nitrogens is 2. The maximum absolute atomic E-state index is 12.5. The molecule has 1 aromatic heterocycles. The van der Waals surface area contributed by atoms with E-state index in [1.165, 1.54) is 18.0 Å². The van der Waals surface area contributed by atoms with Gasteiger partial charge < -0.3 is 10.2 Å². The molecule has 1 aromatic rings. The topological polar surface area (TPSA) is 58.1 Å². The number of aryl methyl sites for hydroxylation is 1. The zero-order valence-corrected chi connectivity index (χ0v) is 11.4. The summed E-state index contributed by atoms with van der Waals surface area (Å²) in [6, 6.07) is 0.624. The van der Waals surface area contributed by atoms with Crippen molar-refractivity contribution >= 4 is 17.4 Å². The minimum atomic E-state index is 0.132. The van der Waals surface area contributed by atoms with Crippen molar-refractivity contribution < 1.29 is 4.79 Å². The number of piperidine rings is 1. The highest BCUT2D eigenvalue weighted by atomic mass is 32.1. The molecule has 0 spiro atoms. The molecule has 0 radical (unpaired) electrons. The fraction of sp³-hybridized carbons (Fsp3) is 0.750. The van der Waals surface area contributed by atoms with Gasteiger partial charge in [-0.2, -0.15) is 0 Å². The van der Waals surface area contributed by atoms with Gasteiger partial charge in [0.15, 0.2) is 0 Å². The van der Waals surface area contributed by atoms with Crippen LogP contribution in [0.5, 0.6) is 0 Å². The van der Waals surface area contributed by atoms with Crippen molar-refractivity contribution in [2.75, 3.05) is 19.6 Å². The van der Waals surface area contributed by atoms with E-state index in [2.05, 4.69) is 14.9 Å². The van der Waals surface area contributed by atoms with E-state index in [0.29, 0.717) is 12.0 Å². The second-order valence-electron chi connectivity index (χ2n) is 5.05. The number of nitrogens with zero attached hydrogens (tertiary/aromatic N) is 3. The molecule has 0 aliphatic carbocycles. The van der Waals surface area contributed by atoms with Gasteiger partial charge in [0.2, 0.25) is 0 Å². The van der Waals surface area contributed by atoms with Gasteiger partial charge >= 0.3 is 0 Å². The number of hydrogen-bond acceptors (Lipinski definition) is 5. The Morgan fingerprint density at radius 3 is 3.28 bits per heavy atom. The molecular formula is C12H18N4OS. The van der Waals surface area contributed by atoms with Crippen LogP contribution in [-0.4, -0.2) is 46.1 Å².